The zero-order valence-corrected chi connectivity index (χ0v) is 17.4. The van der Waals surface area contributed by atoms with Crippen molar-refractivity contribution in [2.45, 2.75) is 18.6 Å². The number of benzene rings is 2. The molecule has 2 heterocycles. The number of amides is 1. The summed E-state index contributed by atoms with van der Waals surface area (Å²) in [7, 11) is 0. The second-order valence-electron chi connectivity index (χ2n) is 8.02. The molecule has 0 aromatic heterocycles. The maximum atomic E-state index is 13.3. The van der Waals surface area contributed by atoms with E-state index in [1.54, 1.807) is 18.2 Å². The van der Waals surface area contributed by atoms with Crippen LogP contribution in [0.15, 0.2) is 55.1 Å². The lowest BCUT2D eigenvalue weighted by Crippen LogP contribution is -2.61. The summed E-state index contributed by atoms with van der Waals surface area (Å²) in [6.07, 6.45) is -2.64. The summed E-state index contributed by atoms with van der Waals surface area (Å²) in [6.45, 7) is 5.53. The van der Waals surface area contributed by atoms with Crippen molar-refractivity contribution in [3.8, 4) is 6.07 Å². The highest BCUT2D eigenvalue weighted by Crippen LogP contribution is 2.40. The molecular formula is C24H23F3N4O. The number of halogens is 3. The van der Waals surface area contributed by atoms with Crippen molar-refractivity contribution in [3.05, 3.63) is 71.8 Å². The molecule has 0 aliphatic carbocycles. The molecule has 0 unspecified atom stereocenters. The number of hydrogen-bond donors (Lipinski definition) is 1. The van der Waals surface area contributed by atoms with E-state index in [1.807, 2.05) is 17.0 Å². The van der Waals surface area contributed by atoms with E-state index in [0.717, 1.165) is 23.5 Å². The third-order valence-electron chi connectivity index (χ3n) is 6.16. The lowest BCUT2D eigenvalue weighted by molar-refractivity contribution is -0.137. The van der Waals surface area contributed by atoms with Crippen LogP contribution in [0.25, 0.3) is 0 Å². The largest absolute Gasteiger partial charge is 0.416 e. The molecule has 1 N–H and O–H groups in total. The highest BCUT2D eigenvalue weighted by atomic mass is 19.4. The Kier molecular flexibility index (Phi) is 5.83. The molecule has 0 radical (unpaired) electrons. The van der Waals surface area contributed by atoms with E-state index in [1.165, 1.54) is 6.07 Å². The van der Waals surface area contributed by atoms with Gasteiger partial charge in [-0.2, -0.15) is 18.4 Å². The van der Waals surface area contributed by atoms with Gasteiger partial charge in [-0.05, 0) is 42.3 Å². The van der Waals surface area contributed by atoms with Gasteiger partial charge in [0, 0.05) is 31.9 Å². The van der Waals surface area contributed by atoms with E-state index in [4.69, 9.17) is 0 Å². The average Bonchev–Trinajstić information content (AvgIpc) is 2.80. The molecule has 1 fully saturated rings. The van der Waals surface area contributed by atoms with E-state index in [2.05, 4.69) is 22.9 Å². The molecule has 1 amide bonds. The van der Waals surface area contributed by atoms with Crippen LogP contribution < -0.4 is 15.1 Å². The van der Waals surface area contributed by atoms with Crippen LogP contribution in [0, 0.1) is 17.2 Å². The number of anilines is 2. The van der Waals surface area contributed by atoms with Gasteiger partial charge in [-0.3, -0.25) is 4.79 Å². The lowest BCUT2D eigenvalue weighted by atomic mass is 9.82. The summed E-state index contributed by atoms with van der Waals surface area (Å²) in [5.41, 5.74) is 1.92. The minimum absolute atomic E-state index is 0.210. The molecule has 0 bridgehead atoms. The van der Waals surface area contributed by atoms with Crippen LogP contribution in [0.5, 0.6) is 0 Å². The van der Waals surface area contributed by atoms with Gasteiger partial charge < -0.3 is 15.1 Å². The van der Waals surface area contributed by atoms with Crippen molar-refractivity contribution in [3.63, 3.8) is 0 Å². The van der Waals surface area contributed by atoms with Crippen molar-refractivity contribution in [1.82, 2.24) is 5.32 Å². The first-order valence-electron chi connectivity index (χ1n) is 10.4. The van der Waals surface area contributed by atoms with Crippen LogP contribution in [0.4, 0.5) is 24.5 Å². The highest BCUT2D eigenvalue weighted by molar-refractivity contribution is 5.82. The van der Waals surface area contributed by atoms with Gasteiger partial charge in [0.2, 0.25) is 5.91 Å². The Balaban J connectivity index is 1.70. The van der Waals surface area contributed by atoms with Gasteiger partial charge in [0.05, 0.1) is 28.8 Å². The number of carbonyl (C=O) groups excluding carboxylic acids is 1. The molecule has 5 nitrogen and oxygen atoms in total. The third kappa shape index (κ3) is 4.03. The van der Waals surface area contributed by atoms with Gasteiger partial charge in [-0.1, -0.05) is 18.2 Å². The molecular weight excluding hydrogens is 417 g/mol. The minimum Gasteiger partial charge on any atom is -0.367 e. The molecule has 8 heteroatoms. The van der Waals surface area contributed by atoms with Gasteiger partial charge in [-0.15, -0.1) is 6.58 Å². The lowest BCUT2D eigenvalue weighted by Gasteiger charge is -2.49. The molecule has 4 rings (SSSR count). The van der Waals surface area contributed by atoms with Crippen molar-refractivity contribution in [2.75, 3.05) is 36.0 Å². The first-order chi connectivity index (χ1) is 15.3. The number of carbonyl (C=O) groups is 1. The zero-order valence-electron chi connectivity index (χ0n) is 17.4. The van der Waals surface area contributed by atoms with Gasteiger partial charge in [0.1, 0.15) is 6.07 Å². The molecule has 2 aliphatic rings. The van der Waals surface area contributed by atoms with E-state index < -0.39 is 17.7 Å². The second kappa shape index (κ2) is 8.58. The van der Waals surface area contributed by atoms with Crippen LogP contribution in [-0.4, -0.2) is 38.1 Å². The molecule has 0 saturated carbocycles. The van der Waals surface area contributed by atoms with Gasteiger partial charge >= 0.3 is 6.18 Å². The van der Waals surface area contributed by atoms with Crippen LogP contribution in [0.3, 0.4) is 0 Å². The first kappa shape index (κ1) is 21.8. The fourth-order valence-corrected chi connectivity index (χ4v) is 4.67. The number of para-hydroxylation sites is 1. The summed E-state index contributed by atoms with van der Waals surface area (Å²) in [6, 6.07) is 13.1. The van der Waals surface area contributed by atoms with Gasteiger partial charge in [-0.25, -0.2) is 0 Å². The van der Waals surface area contributed by atoms with Crippen molar-refractivity contribution in [1.29, 1.82) is 5.26 Å². The summed E-state index contributed by atoms with van der Waals surface area (Å²) in [4.78, 5) is 17.1. The maximum absolute atomic E-state index is 13.3. The summed E-state index contributed by atoms with van der Waals surface area (Å²) < 4.78 is 39.9. The normalized spacial score (nSPS) is 20.1. The Morgan fingerprint density at radius 3 is 2.72 bits per heavy atom. The molecule has 2 aliphatic heterocycles. The van der Waals surface area contributed by atoms with Crippen molar-refractivity contribution < 1.29 is 18.0 Å². The van der Waals surface area contributed by atoms with Crippen LogP contribution >= 0.6 is 0 Å². The highest BCUT2D eigenvalue weighted by Gasteiger charge is 2.43. The number of fused-ring (bicyclic) bond motifs is 3. The van der Waals surface area contributed by atoms with E-state index >= 15 is 0 Å². The Hall–Kier alpha value is -3.47. The number of nitriles is 1. The minimum atomic E-state index is -4.44. The second-order valence-corrected chi connectivity index (χ2v) is 8.02. The molecule has 0 spiro atoms. The SMILES string of the molecule is C=CCNC(=O)[C@H]1Cc2cc(C(F)(F)F)ccc2N2CCN(c3ccccc3C#N)C[C@H]12. The Labute approximate surface area is 184 Å². The number of hydrogen-bond acceptors (Lipinski definition) is 4. The number of nitrogens with one attached hydrogen (secondary N) is 1. The summed E-state index contributed by atoms with van der Waals surface area (Å²) in [5.74, 6) is -0.735. The average molecular weight is 440 g/mol. The number of nitrogens with zero attached hydrogens (tertiary/aromatic N) is 3. The molecule has 166 valence electrons. The molecule has 2 aromatic carbocycles. The van der Waals surface area contributed by atoms with Crippen molar-refractivity contribution in [2.24, 2.45) is 5.92 Å². The predicted molar refractivity (Wildman–Crippen MR) is 116 cm³/mol. The number of piperazine rings is 1. The predicted octanol–water partition coefficient (Wildman–Crippen LogP) is 3.75. The number of alkyl halides is 3. The fraction of sp³-hybridized carbons (Fsp3) is 0.333. The monoisotopic (exact) mass is 440 g/mol. The standard InChI is InChI=1S/C24H23F3N4O/c1-2-9-29-23(32)19-13-17-12-18(24(25,26)27)7-8-21(17)31-11-10-30(15-22(19)31)20-6-4-3-5-16(20)14-28/h2-8,12,19,22H,1,9-11,13,15H2,(H,29,32)/t19-,22+/m0/s1. The van der Waals surface area contributed by atoms with Crippen LogP contribution in [0.2, 0.25) is 0 Å². The molecule has 2 aromatic rings. The van der Waals surface area contributed by atoms with Crippen LogP contribution in [0.1, 0.15) is 16.7 Å². The molecule has 32 heavy (non-hydrogen) atoms. The Bertz CT molecular complexity index is 1080. The Morgan fingerprint density at radius 2 is 2.00 bits per heavy atom. The quantitative estimate of drug-likeness (QED) is 0.736. The summed E-state index contributed by atoms with van der Waals surface area (Å²) >= 11 is 0. The zero-order chi connectivity index (χ0) is 22.9. The maximum Gasteiger partial charge on any atom is 0.416 e. The molecule has 2 atom stereocenters. The summed E-state index contributed by atoms with van der Waals surface area (Å²) in [5, 5.41) is 12.3. The fourth-order valence-electron chi connectivity index (χ4n) is 4.67. The smallest absolute Gasteiger partial charge is 0.367 e. The molecule has 1 saturated heterocycles. The number of rotatable bonds is 4. The van der Waals surface area contributed by atoms with Gasteiger partial charge in [0.25, 0.3) is 0 Å². The van der Waals surface area contributed by atoms with Crippen molar-refractivity contribution >= 4 is 17.3 Å². The topological polar surface area (TPSA) is 59.4 Å². The van der Waals surface area contributed by atoms with E-state index in [0.29, 0.717) is 37.3 Å². The third-order valence-corrected chi connectivity index (χ3v) is 6.16. The van der Waals surface area contributed by atoms with Gasteiger partial charge in [0.15, 0.2) is 0 Å². The van der Waals surface area contributed by atoms with Crippen LogP contribution in [-0.2, 0) is 17.4 Å². The van der Waals surface area contributed by atoms with E-state index in [9.17, 15) is 23.2 Å². The first-order valence-corrected chi connectivity index (χ1v) is 10.4. The Morgan fingerprint density at radius 1 is 1.22 bits per heavy atom. The van der Waals surface area contributed by atoms with E-state index in [-0.39, 0.29) is 18.4 Å².